The van der Waals surface area contributed by atoms with Crippen LogP contribution in [0, 0.1) is 16.7 Å². The number of carbonyl (C=O) groups is 1. The summed E-state index contributed by atoms with van der Waals surface area (Å²) in [5.74, 6) is -1.50. The minimum atomic E-state index is -1.05. The van der Waals surface area contributed by atoms with Crippen molar-refractivity contribution in [2.24, 2.45) is 10.8 Å². The van der Waals surface area contributed by atoms with Gasteiger partial charge in [-0.15, -0.1) is 0 Å². The highest BCUT2D eigenvalue weighted by atomic mass is 79.9. The number of hydrogen-bond donors (Lipinski definition) is 4. The Morgan fingerprint density at radius 2 is 2.07 bits per heavy atom. The number of benzene rings is 2. The van der Waals surface area contributed by atoms with E-state index in [1.807, 2.05) is 0 Å². The molecule has 0 radical (unpaired) electrons. The van der Waals surface area contributed by atoms with Crippen LogP contribution in [0.2, 0.25) is 0 Å². The van der Waals surface area contributed by atoms with Gasteiger partial charge in [-0.3, -0.25) is 10.8 Å². The van der Waals surface area contributed by atoms with Crippen LogP contribution in [0.3, 0.4) is 0 Å². The Morgan fingerprint density at radius 3 is 2.75 bits per heavy atom. The molecule has 8 nitrogen and oxygen atoms in total. The third kappa shape index (κ3) is 3.97. The molecule has 28 heavy (non-hydrogen) atoms. The quantitative estimate of drug-likeness (QED) is 0.272. The van der Waals surface area contributed by atoms with Crippen molar-refractivity contribution in [1.82, 2.24) is 4.98 Å². The summed E-state index contributed by atoms with van der Waals surface area (Å²) >= 11 is 3.35. The number of hydrazone groups is 1. The molecule has 1 aromatic heterocycles. The molecule has 3 aromatic rings. The molecular formula is C19H13BrN6O2. The fourth-order valence-electron chi connectivity index (χ4n) is 2.54. The lowest BCUT2D eigenvalue weighted by molar-refractivity contribution is 0.0699. The highest BCUT2D eigenvalue weighted by Crippen LogP contribution is 2.28. The van der Waals surface area contributed by atoms with Crippen molar-refractivity contribution in [2.75, 3.05) is 5.43 Å². The summed E-state index contributed by atoms with van der Waals surface area (Å²) in [5.41, 5.74) is 10.0. The predicted octanol–water partition coefficient (Wildman–Crippen LogP) is 3.59. The van der Waals surface area contributed by atoms with Crippen LogP contribution in [0.5, 0.6) is 0 Å². The molecule has 138 valence electrons. The van der Waals surface area contributed by atoms with Gasteiger partial charge >= 0.3 is 5.97 Å². The molecule has 0 unspecified atom stereocenters. The molecule has 0 aliphatic rings. The minimum Gasteiger partial charge on any atom is -0.478 e. The number of nitriles is 1. The summed E-state index contributed by atoms with van der Waals surface area (Å²) < 4.78 is 0.764. The van der Waals surface area contributed by atoms with Crippen molar-refractivity contribution in [3.05, 3.63) is 58.6 Å². The number of anilines is 1. The number of amidine groups is 1. The predicted molar refractivity (Wildman–Crippen MR) is 110 cm³/mol. The van der Waals surface area contributed by atoms with Crippen molar-refractivity contribution in [3.63, 3.8) is 0 Å². The zero-order valence-electron chi connectivity index (χ0n) is 14.3. The number of nitrogens with one attached hydrogen (secondary N) is 2. The summed E-state index contributed by atoms with van der Waals surface area (Å²) in [6.45, 7) is 0. The SMILES string of the molecule is N#C/C(=N\Nc1cccc(-c2cc(C(=O)O)c3cc(Br)ccc3n2)c1)C(=N)N. The van der Waals surface area contributed by atoms with E-state index in [2.05, 4.69) is 31.4 Å². The van der Waals surface area contributed by atoms with E-state index in [1.54, 1.807) is 48.5 Å². The molecule has 2 aromatic carbocycles. The first-order valence-corrected chi connectivity index (χ1v) is 8.70. The van der Waals surface area contributed by atoms with Crippen LogP contribution in [-0.4, -0.2) is 27.6 Å². The number of hydrogen-bond acceptors (Lipinski definition) is 6. The van der Waals surface area contributed by atoms with Crippen molar-refractivity contribution in [1.29, 1.82) is 10.7 Å². The van der Waals surface area contributed by atoms with Gasteiger partial charge in [0.25, 0.3) is 0 Å². The Hall–Kier alpha value is -3.77. The lowest BCUT2D eigenvalue weighted by Crippen LogP contribution is -2.21. The van der Waals surface area contributed by atoms with E-state index in [1.165, 1.54) is 6.07 Å². The van der Waals surface area contributed by atoms with Crippen LogP contribution in [-0.2, 0) is 0 Å². The van der Waals surface area contributed by atoms with Crippen LogP contribution >= 0.6 is 15.9 Å². The van der Waals surface area contributed by atoms with Crippen molar-refractivity contribution in [2.45, 2.75) is 0 Å². The zero-order chi connectivity index (χ0) is 20.3. The lowest BCUT2D eigenvalue weighted by atomic mass is 10.0. The monoisotopic (exact) mass is 436 g/mol. The van der Waals surface area contributed by atoms with Gasteiger partial charge in [-0.1, -0.05) is 28.1 Å². The highest BCUT2D eigenvalue weighted by molar-refractivity contribution is 9.10. The van der Waals surface area contributed by atoms with Gasteiger partial charge in [0.15, 0.2) is 5.84 Å². The highest BCUT2D eigenvalue weighted by Gasteiger charge is 2.13. The number of aromatic nitrogens is 1. The largest absolute Gasteiger partial charge is 0.478 e. The van der Waals surface area contributed by atoms with Crippen molar-refractivity contribution < 1.29 is 9.90 Å². The average molecular weight is 437 g/mol. The van der Waals surface area contributed by atoms with E-state index in [9.17, 15) is 9.90 Å². The first-order chi connectivity index (χ1) is 13.4. The first kappa shape index (κ1) is 19.0. The number of carboxylic acids is 1. The third-order valence-electron chi connectivity index (χ3n) is 3.82. The second-order valence-corrected chi connectivity index (χ2v) is 6.62. The van der Waals surface area contributed by atoms with Crippen LogP contribution < -0.4 is 11.2 Å². The number of nitrogens with zero attached hydrogens (tertiary/aromatic N) is 3. The Bertz CT molecular complexity index is 1180. The fourth-order valence-corrected chi connectivity index (χ4v) is 2.90. The van der Waals surface area contributed by atoms with Gasteiger partial charge in [0.05, 0.1) is 22.5 Å². The number of pyridine rings is 1. The van der Waals surface area contributed by atoms with Crippen LogP contribution in [0.15, 0.2) is 58.1 Å². The van der Waals surface area contributed by atoms with Gasteiger partial charge in [-0.25, -0.2) is 9.78 Å². The maximum absolute atomic E-state index is 11.7. The molecule has 0 spiro atoms. The molecule has 3 rings (SSSR count). The first-order valence-electron chi connectivity index (χ1n) is 7.91. The maximum atomic E-state index is 11.7. The molecule has 9 heteroatoms. The fraction of sp³-hybridized carbons (Fsp3) is 0. The van der Waals surface area contributed by atoms with Crippen LogP contribution in [0.1, 0.15) is 10.4 Å². The van der Waals surface area contributed by atoms with E-state index in [0.29, 0.717) is 27.8 Å². The van der Waals surface area contributed by atoms with Gasteiger partial charge in [0.1, 0.15) is 6.07 Å². The number of fused-ring (bicyclic) bond motifs is 1. The van der Waals surface area contributed by atoms with E-state index >= 15 is 0 Å². The molecule has 5 N–H and O–H groups in total. The Morgan fingerprint density at radius 1 is 1.29 bits per heavy atom. The summed E-state index contributed by atoms with van der Waals surface area (Å²) in [5, 5.41) is 30.1. The summed E-state index contributed by atoms with van der Waals surface area (Å²) in [6, 6.07) is 15.4. The molecule has 0 atom stereocenters. The number of aromatic carboxylic acids is 1. The number of carboxylic acid groups (broad SMARTS) is 1. The molecule has 0 saturated carbocycles. The zero-order valence-corrected chi connectivity index (χ0v) is 15.9. The number of halogens is 1. The summed E-state index contributed by atoms with van der Waals surface area (Å²) in [4.78, 5) is 16.3. The Labute approximate surface area is 168 Å². The summed E-state index contributed by atoms with van der Waals surface area (Å²) in [6.07, 6.45) is 0. The number of rotatable bonds is 5. The molecule has 0 aliphatic carbocycles. The minimum absolute atomic E-state index is 0.140. The normalized spacial score (nSPS) is 11.1. The standard InChI is InChI=1S/C19H13BrN6O2/c20-11-4-5-15-13(7-11)14(19(27)28)8-16(24-15)10-2-1-3-12(6-10)25-26-17(9-21)18(22)23/h1-8,25H,(H3,22,23)(H,27,28)/b26-17+. The van der Waals surface area contributed by atoms with Crippen LogP contribution in [0.25, 0.3) is 22.2 Å². The number of nitrogens with two attached hydrogens (primary N) is 1. The van der Waals surface area contributed by atoms with E-state index < -0.39 is 11.8 Å². The Balaban J connectivity index is 2.06. The second-order valence-electron chi connectivity index (χ2n) is 5.70. The molecule has 0 saturated heterocycles. The lowest BCUT2D eigenvalue weighted by Gasteiger charge is -2.09. The van der Waals surface area contributed by atoms with Gasteiger partial charge in [-0.2, -0.15) is 10.4 Å². The second kappa shape index (κ2) is 7.85. The van der Waals surface area contributed by atoms with Crippen molar-refractivity contribution in [3.8, 4) is 17.3 Å². The van der Waals surface area contributed by atoms with Gasteiger partial charge in [-0.05, 0) is 36.4 Å². The summed E-state index contributed by atoms with van der Waals surface area (Å²) in [7, 11) is 0. The topological polar surface area (TPSA) is 148 Å². The molecule has 0 amide bonds. The molecule has 1 heterocycles. The third-order valence-corrected chi connectivity index (χ3v) is 4.31. The molecular weight excluding hydrogens is 424 g/mol. The van der Waals surface area contributed by atoms with Crippen LogP contribution in [0.4, 0.5) is 5.69 Å². The smallest absolute Gasteiger partial charge is 0.336 e. The van der Waals surface area contributed by atoms with Gasteiger partial charge < -0.3 is 10.8 Å². The molecule has 0 bridgehead atoms. The Kier molecular flexibility index (Phi) is 5.33. The van der Waals surface area contributed by atoms with E-state index in [4.69, 9.17) is 16.4 Å². The average Bonchev–Trinajstić information content (AvgIpc) is 2.67. The maximum Gasteiger partial charge on any atom is 0.336 e. The molecule has 0 fully saturated rings. The van der Waals surface area contributed by atoms with E-state index in [0.717, 1.165) is 4.47 Å². The van der Waals surface area contributed by atoms with Gasteiger partial charge in [0.2, 0.25) is 5.71 Å². The van der Waals surface area contributed by atoms with Crippen molar-refractivity contribution >= 4 is 50.0 Å². The van der Waals surface area contributed by atoms with E-state index in [-0.39, 0.29) is 11.3 Å². The molecule has 0 aliphatic heterocycles. The van der Waals surface area contributed by atoms with Gasteiger partial charge in [0, 0.05) is 15.4 Å².